The Kier molecular flexibility index (Phi) is 4.53. The second-order valence-electron chi connectivity index (χ2n) is 4.81. The number of carbonyl (C=O) groups is 1. The lowest BCUT2D eigenvalue weighted by atomic mass is 9.95. The van der Waals surface area contributed by atoms with E-state index in [2.05, 4.69) is 0 Å². The fraction of sp³-hybridized carbons (Fsp3) is 0.235. The van der Waals surface area contributed by atoms with Crippen LogP contribution in [0, 0.1) is 13.8 Å². The van der Waals surface area contributed by atoms with E-state index in [1.54, 1.807) is 44.6 Å². The first-order valence-corrected chi connectivity index (χ1v) is 6.89. The van der Waals surface area contributed by atoms with Crippen LogP contribution in [0.3, 0.4) is 0 Å². The molecule has 0 bridgehead atoms. The summed E-state index contributed by atoms with van der Waals surface area (Å²) < 4.78 is 10.5. The quantitative estimate of drug-likeness (QED) is 0.794. The Morgan fingerprint density at radius 2 is 1.48 bits per heavy atom. The van der Waals surface area contributed by atoms with Gasteiger partial charge in [-0.15, -0.1) is 0 Å². The van der Waals surface area contributed by atoms with E-state index in [1.165, 1.54) is 0 Å². The standard InChI is InChI=1S/C17H17ClO3/c1-10-7-12(18)5-6-13(10)17(19)14-9-16(21-4)15(20-3)8-11(14)2/h5-9H,1-4H3. The fourth-order valence-electron chi connectivity index (χ4n) is 2.25. The summed E-state index contributed by atoms with van der Waals surface area (Å²) in [6.45, 7) is 3.75. The van der Waals surface area contributed by atoms with Crippen LogP contribution in [-0.2, 0) is 0 Å². The molecule has 0 amide bonds. The SMILES string of the molecule is COc1cc(C)c(C(=O)c2ccc(Cl)cc2C)cc1OC. The number of rotatable bonds is 4. The Bertz CT molecular complexity index is 693. The largest absolute Gasteiger partial charge is 0.493 e. The highest BCUT2D eigenvalue weighted by Crippen LogP contribution is 2.31. The van der Waals surface area contributed by atoms with Gasteiger partial charge in [0.2, 0.25) is 0 Å². The molecular formula is C17H17ClO3. The van der Waals surface area contributed by atoms with Gasteiger partial charge < -0.3 is 9.47 Å². The van der Waals surface area contributed by atoms with E-state index in [1.807, 2.05) is 13.8 Å². The van der Waals surface area contributed by atoms with Crippen molar-refractivity contribution >= 4 is 17.4 Å². The van der Waals surface area contributed by atoms with E-state index in [-0.39, 0.29) is 5.78 Å². The van der Waals surface area contributed by atoms with Gasteiger partial charge in [0.15, 0.2) is 17.3 Å². The van der Waals surface area contributed by atoms with Crippen LogP contribution in [0.4, 0.5) is 0 Å². The van der Waals surface area contributed by atoms with E-state index in [0.717, 1.165) is 11.1 Å². The normalized spacial score (nSPS) is 10.3. The summed E-state index contributed by atoms with van der Waals surface area (Å²) >= 11 is 5.94. The molecular weight excluding hydrogens is 288 g/mol. The van der Waals surface area contributed by atoms with E-state index in [0.29, 0.717) is 27.6 Å². The van der Waals surface area contributed by atoms with Gasteiger partial charge >= 0.3 is 0 Å². The minimum absolute atomic E-state index is 0.0531. The van der Waals surface area contributed by atoms with Gasteiger partial charge in [-0.25, -0.2) is 0 Å². The molecule has 0 heterocycles. The number of hydrogen-bond acceptors (Lipinski definition) is 3. The number of ether oxygens (including phenoxy) is 2. The smallest absolute Gasteiger partial charge is 0.193 e. The van der Waals surface area contributed by atoms with E-state index in [4.69, 9.17) is 21.1 Å². The van der Waals surface area contributed by atoms with Crippen LogP contribution < -0.4 is 9.47 Å². The molecule has 0 aliphatic rings. The minimum atomic E-state index is -0.0531. The second kappa shape index (κ2) is 6.19. The molecule has 0 N–H and O–H groups in total. The van der Waals surface area contributed by atoms with Gasteiger partial charge in [-0.2, -0.15) is 0 Å². The van der Waals surface area contributed by atoms with Gasteiger partial charge in [-0.3, -0.25) is 4.79 Å². The molecule has 0 spiro atoms. The summed E-state index contributed by atoms with van der Waals surface area (Å²) in [6, 6.07) is 8.76. The van der Waals surface area contributed by atoms with Gasteiger partial charge in [-0.05, 0) is 55.3 Å². The van der Waals surface area contributed by atoms with Crippen molar-refractivity contribution in [2.75, 3.05) is 14.2 Å². The molecule has 0 saturated carbocycles. The molecule has 21 heavy (non-hydrogen) atoms. The van der Waals surface area contributed by atoms with Crippen molar-refractivity contribution in [1.82, 2.24) is 0 Å². The van der Waals surface area contributed by atoms with Gasteiger partial charge in [0.1, 0.15) is 0 Å². The van der Waals surface area contributed by atoms with Crippen molar-refractivity contribution in [1.29, 1.82) is 0 Å². The molecule has 0 fully saturated rings. The third-order valence-electron chi connectivity index (χ3n) is 3.41. The van der Waals surface area contributed by atoms with Crippen LogP contribution in [0.25, 0.3) is 0 Å². The van der Waals surface area contributed by atoms with E-state index in [9.17, 15) is 4.79 Å². The molecule has 0 aromatic heterocycles. The van der Waals surface area contributed by atoms with Gasteiger partial charge in [0.05, 0.1) is 14.2 Å². The molecule has 2 aromatic carbocycles. The van der Waals surface area contributed by atoms with Crippen LogP contribution >= 0.6 is 11.6 Å². The molecule has 110 valence electrons. The highest BCUT2D eigenvalue weighted by atomic mass is 35.5. The predicted octanol–water partition coefficient (Wildman–Crippen LogP) is 4.21. The number of halogens is 1. The number of hydrogen-bond donors (Lipinski definition) is 0. The Hall–Kier alpha value is -2.00. The van der Waals surface area contributed by atoms with Crippen molar-refractivity contribution in [3.63, 3.8) is 0 Å². The van der Waals surface area contributed by atoms with Crippen molar-refractivity contribution in [3.8, 4) is 11.5 Å². The third kappa shape index (κ3) is 3.03. The summed E-state index contributed by atoms with van der Waals surface area (Å²) in [5.74, 6) is 1.10. The number of benzene rings is 2. The van der Waals surface area contributed by atoms with Crippen LogP contribution in [0.1, 0.15) is 27.0 Å². The minimum Gasteiger partial charge on any atom is -0.493 e. The Balaban J connectivity index is 2.53. The Morgan fingerprint density at radius 1 is 0.905 bits per heavy atom. The summed E-state index contributed by atoms with van der Waals surface area (Å²) in [6.07, 6.45) is 0. The number of methoxy groups -OCH3 is 2. The van der Waals surface area contributed by atoms with Crippen molar-refractivity contribution in [2.24, 2.45) is 0 Å². The maximum Gasteiger partial charge on any atom is 0.193 e. The topological polar surface area (TPSA) is 35.5 Å². The number of ketones is 1. The number of carbonyl (C=O) groups excluding carboxylic acids is 1. The van der Waals surface area contributed by atoms with Crippen LogP contribution in [0.15, 0.2) is 30.3 Å². The maximum absolute atomic E-state index is 12.7. The van der Waals surface area contributed by atoms with Crippen LogP contribution in [0.5, 0.6) is 11.5 Å². The fourth-order valence-corrected chi connectivity index (χ4v) is 2.48. The average molecular weight is 305 g/mol. The molecule has 0 aliphatic carbocycles. The summed E-state index contributed by atoms with van der Waals surface area (Å²) in [4.78, 5) is 12.7. The van der Waals surface area contributed by atoms with Crippen molar-refractivity contribution in [2.45, 2.75) is 13.8 Å². The van der Waals surface area contributed by atoms with Gasteiger partial charge in [0, 0.05) is 16.1 Å². The van der Waals surface area contributed by atoms with E-state index >= 15 is 0 Å². The lowest BCUT2D eigenvalue weighted by Gasteiger charge is -2.13. The first kappa shape index (κ1) is 15.4. The molecule has 0 radical (unpaired) electrons. The molecule has 0 atom stereocenters. The highest BCUT2D eigenvalue weighted by Gasteiger charge is 2.17. The van der Waals surface area contributed by atoms with E-state index < -0.39 is 0 Å². The lowest BCUT2D eigenvalue weighted by molar-refractivity contribution is 0.103. The Morgan fingerprint density at radius 3 is 2.05 bits per heavy atom. The highest BCUT2D eigenvalue weighted by molar-refractivity contribution is 6.30. The first-order chi connectivity index (χ1) is 9.97. The molecule has 0 unspecified atom stereocenters. The second-order valence-corrected chi connectivity index (χ2v) is 5.25. The zero-order chi connectivity index (χ0) is 15.6. The third-order valence-corrected chi connectivity index (χ3v) is 3.64. The molecule has 0 saturated heterocycles. The first-order valence-electron chi connectivity index (χ1n) is 6.51. The lowest BCUT2D eigenvalue weighted by Crippen LogP contribution is -2.07. The van der Waals surface area contributed by atoms with Crippen LogP contribution in [-0.4, -0.2) is 20.0 Å². The van der Waals surface area contributed by atoms with Crippen molar-refractivity contribution < 1.29 is 14.3 Å². The van der Waals surface area contributed by atoms with Crippen LogP contribution in [0.2, 0.25) is 5.02 Å². The monoisotopic (exact) mass is 304 g/mol. The van der Waals surface area contributed by atoms with Gasteiger partial charge in [-0.1, -0.05) is 11.6 Å². The zero-order valence-electron chi connectivity index (χ0n) is 12.5. The Labute approximate surface area is 129 Å². The molecule has 4 heteroatoms. The predicted molar refractivity (Wildman–Crippen MR) is 83.9 cm³/mol. The average Bonchev–Trinajstić information content (AvgIpc) is 2.46. The molecule has 2 aromatic rings. The molecule has 3 nitrogen and oxygen atoms in total. The summed E-state index contributed by atoms with van der Waals surface area (Å²) in [5, 5.41) is 0.619. The van der Waals surface area contributed by atoms with Crippen molar-refractivity contribution in [3.05, 3.63) is 57.6 Å². The summed E-state index contributed by atoms with van der Waals surface area (Å²) in [7, 11) is 3.12. The zero-order valence-corrected chi connectivity index (χ0v) is 13.2. The summed E-state index contributed by atoms with van der Waals surface area (Å²) in [5.41, 5.74) is 2.92. The molecule has 0 aliphatic heterocycles. The number of aryl methyl sites for hydroxylation is 2. The molecule has 2 rings (SSSR count). The maximum atomic E-state index is 12.7. The van der Waals surface area contributed by atoms with Gasteiger partial charge in [0.25, 0.3) is 0 Å².